The minimum atomic E-state index is 0.482. The molecule has 1 heteroatoms. The second-order valence-electron chi connectivity index (χ2n) is 4.29. The van der Waals surface area contributed by atoms with Gasteiger partial charge >= 0.3 is 105 Å². The molecule has 0 unspecified atom stereocenters. The molecule has 0 atom stereocenters. The Hall–Kier alpha value is -1.56. The van der Waals surface area contributed by atoms with E-state index in [-0.39, 0.29) is 0 Å². The zero-order chi connectivity index (χ0) is 11.2. The van der Waals surface area contributed by atoms with Crippen LogP contribution in [0.5, 0.6) is 0 Å². The molecule has 1 aromatic heterocycles. The van der Waals surface area contributed by atoms with Gasteiger partial charge in [-0.05, 0) is 0 Å². The van der Waals surface area contributed by atoms with Crippen molar-refractivity contribution in [2.75, 3.05) is 0 Å². The maximum absolute atomic E-state index is 2.37. The average Bonchev–Trinajstić information content (AvgIpc) is 2.73. The SMILES string of the molecule is c1ccc2cc3c(cc2c1)[se]c1ccccc13. The molecule has 0 amide bonds. The maximum atomic E-state index is 2.37. The van der Waals surface area contributed by atoms with Crippen LogP contribution < -0.4 is 0 Å². The second-order valence-corrected chi connectivity index (χ2v) is 6.57. The first-order valence-electron chi connectivity index (χ1n) is 5.72. The summed E-state index contributed by atoms with van der Waals surface area (Å²) in [6.07, 6.45) is 0. The van der Waals surface area contributed by atoms with Crippen molar-refractivity contribution in [2.45, 2.75) is 0 Å². The number of hydrogen-bond donors (Lipinski definition) is 0. The topological polar surface area (TPSA) is 0 Å². The molecule has 3 aromatic carbocycles. The van der Waals surface area contributed by atoms with E-state index < -0.39 is 0 Å². The van der Waals surface area contributed by atoms with Crippen LogP contribution in [-0.2, 0) is 0 Å². The monoisotopic (exact) mass is 282 g/mol. The standard InChI is InChI=1S/C16H10Se/c1-2-6-12-10-16-14(9-11(12)5-1)13-7-3-4-8-15(13)17-16/h1-10H. The van der Waals surface area contributed by atoms with Gasteiger partial charge in [-0.25, -0.2) is 0 Å². The molecule has 0 aliphatic rings. The van der Waals surface area contributed by atoms with E-state index in [1.54, 1.807) is 0 Å². The summed E-state index contributed by atoms with van der Waals surface area (Å²) in [4.78, 5) is 0. The Morgan fingerprint density at radius 3 is 2.18 bits per heavy atom. The van der Waals surface area contributed by atoms with E-state index in [1.807, 2.05) is 0 Å². The van der Waals surface area contributed by atoms with Gasteiger partial charge in [0, 0.05) is 0 Å². The Kier molecular flexibility index (Phi) is 1.93. The quantitative estimate of drug-likeness (QED) is 0.424. The predicted octanol–water partition coefficient (Wildman–Crippen LogP) is 4.20. The van der Waals surface area contributed by atoms with Gasteiger partial charge in [-0.2, -0.15) is 0 Å². The van der Waals surface area contributed by atoms with Gasteiger partial charge in [0.2, 0.25) is 0 Å². The van der Waals surface area contributed by atoms with Crippen molar-refractivity contribution in [1.82, 2.24) is 0 Å². The average molecular weight is 281 g/mol. The number of benzene rings is 3. The number of hydrogen-bond acceptors (Lipinski definition) is 0. The molecule has 0 saturated carbocycles. The van der Waals surface area contributed by atoms with Gasteiger partial charge < -0.3 is 0 Å². The Morgan fingerprint density at radius 1 is 0.588 bits per heavy atom. The van der Waals surface area contributed by atoms with Gasteiger partial charge in [-0.15, -0.1) is 0 Å². The summed E-state index contributed by atoms with van der Waals surface area (Å²) >= 11 is 0.482. The van der Waals surface area contributed by atoms with Crippen LogP contribution in [0.4, 0.5) is 0 Å². The van der Waals surface area contributed by atoms with E-state index in [2.05, 4.69) is 60.7 Å². The molecular formula is C16H10Se. The van der Waals surface area contributed by atoms with Gasteiger partial charge in [0.05, 0.1) is 0 Å². The fourth-order valence-corrected chi connectivity index (χ4v) is 4.79. The summed E-state index contributed by atoms with van der Waals surface area (Å²) < 4.78 is 3.04. The molecule has 0 nitrogen and oxygen atoms in total. The van der Waals surface area contributed by atoms with Crippen molar-refractivity contribution in [3.05, 3.63) is 60.7 Å². The van der Waals surface area contributed by atoms with Crippen molar-refractivity contribution in [1.29, 1.82) is 0 Å². The van der Waals surface area contributed by atoms with Gasteiger partial charge in [0.1, 0.15) is 0 Å². The van der Waals surface area contributed by atoms with Gasteiger partial charge in [0.15, 0.2) is 0 Å². The molecule has 4 aromatic rings. The molecule has 0 aliphatic heterocycles. The van der Waals surface area contributed by atoms with Crippen LogP contribution >= 0.6 is 0 Å². The molecule has 0 aliphatic carbocycles. The number of rotatable bonds is 0. The van der Waals surface area contributed by atoms with Crippen LogP contribution in [-0.4, -0.2) is 14.5 Å². The minimum absolute atomic E-state index is 0.482. The van der Waals surface area contributed by atoms with E-state index in [9.17, 15) is 0 Å². The van der Waals surface area contributed by atoms with Gasteiger partial charge in [-0.3, -0.25) is 0 Å². The van der Waals surface area contributed by atoms with Crippen molar-refractivity contribution < 1.29 is 0 Å². The normalized spacial score (nSPS) is 11.5. The van der Waals surface area contributed by atoms with Crippen LogP contribution in [0.25, 0.3) is 30.1 Å². The summed E-state index contributed by atoms with van der Waals surface area (Å²) in [5.41, 5.74) is 0. The first kappa shape index (κ1) is 9.47. The van der Waals surface area contributed by atoms with Gasteiger partial charge in [0.25, 0.3) is 0 Å². The van der Waals surface area contributed by atoms with Crippen molar-refractivity contribution >= 4 is 44.6 Å². The van der Waals surface area contributed by atoms with E-state index >= 15 is 0 Å². The van der Waals surface area contributed by atoms with Gasteiger partial charge in [-0.1, -0.05) is 0 Å². The summed E-state index contributed by atoms with van der Waals surface area (Å²) in [6.45, 7) is 0. The molecule has 0 saturated heterocycles. The zero-order valence-electron chi connectivity index (χ0n) is 9.18. The van der Waals surface area contributed by atoms with Crippen molar-refractivity contribution in [3.8, 4) is 0 Å². The van der Waals surface area contributed by atoms with Crippen LogP contribution in [0, 0.1) is 0 Å². The fourth-order valence-electron chi connectivity index (χ4n) is 2.41. The molecule has 0 N–H and O–H groups in total. The molecule has 0 radical (unpaired) electrons. The fraction of sp³-hybridized carbons (Fsp3) is 0. The first-order chi connectivity index (χ1) is 8.42. The molecule has 0 bridgehead atoms. The van der Waals surface area contributed by atoms with Crippen LogP contribution in [0.1, 0.15) is 0 Å². The Bertz CT molecular complexity index is 834. The van der Waals surface area contributed by atoms with Crippen LogP contribution in [0.3, 0.4) is 0 Å². The molecule has 4 rings (SSSR count). The van der Waals surface area contributed by atoms with E-state index in [1.165, 1.54) is 30.1 Å². The van der Waals surface area contributed by atoms with Crippen LogP contribution in [0.15, 0.2) is 60.7 Å². The molecule has 1 heterocycles. The molecular weight excluding hydrogens is 271 g/mol. The third-order valence-corrected chi connectivity index (χ3v) is 5.62. The number of fused-ring (bicyclic) bond motifs is 4. The first-order valence-corrected chi connectivity index (χ1v) is 7.43. The summed E-state index contributed by atoms with van der Waals surface area (Å²) in [5.74, 6) is 0. The molecule has 17 heavy (non-hydrogen) atoms. The molecule has 0 fully saturated rings. The molecule has 80 valence electrons. The van der Waals surface area contributed by atoms with E-state index in [4.69, 9.17) is 0 Å². The second kappa shape index (κ2) is 3.46. The Morgan fingerprint density at radius 2 is 1.29 bits per heavy atom. The Labute approximate surface area is 105 Å². The zero-order valence-corrected chi connectivity index (χ0v) is 10.9. The van der Waals surface area contributed by atoms with E-state index in [0.717, 1.165) is 0 Å². The molecule has 0 spiro atoms. The van der Waals surface area contributed by atoms with Crippen LogP contribution in [0.2, 0.25) is 0 Å². The predicted molar refractivity (Wildman–Crippen MR) is 75.9 cm³/mol. The summed E-state index contributed by atoms with van der Waals surface area (Å²) in [7, 11) is 0. The third kappa shape index (κ3) is 1.37. The Balaban J connectivity index is 2.28. The van der Waals surface area contributed by atoms with Crippen molar-refractivity contribution in [3.63, 3.8) is 0 Å². The van der Waals surface area contributed by atoms with E-state index in [0.29, 0.717) is 14.5 Å². The summed E-state index contributed by atoms with van der Waals surface area (Å²) in [5, 5.41) is 5.59. The third-order valence-electron chi connectivity index (χ3n) is 3.25. The summed E-state index contributed by atoms with van der Waals surface area (Å²) in [6, 6.07) is 22.1. The van der Waals surface area contributed by atoms with Crippen molar-refractivity contribution in [2.24, 2.45) is 0 Å².